The van der Waals surface area contributed by atoms with Crippen LogP contribution in [0.1, 0.15) is 36.6 Å². The number of hydrogen-bond donors (Lipinski definition) is 1. The van der Waals surface area contributed by atoms with Crippen LogP contribution < -0.4 is 19.5 Å². The van der Waals surface area contributed by atoms with Gasteiger partial charge in [0.15, 0.2) is 11.5 Å². The summed E-state index contributed by atoms with van der Waals surface area (Å²) < 4.78 is 16.8. The first kappa shape index (κ1) is 17.6. The van der Waals surface area contributed by atoms with E-state index in [9.17, 15) is 0 Å². The Kier molecular flexibility index (Phi) is 5.49. The molecule has 4 heteroatoms. The van der Waals surface area contributed by atoms with Gasteiger partial charge in [0, 0.05) is 6.54 Å². The molecule has 0 aliphatic carbocycles. The number of hydrogen-bond acceptors (Lipinski definition) is 4. The number of nitrogens with one attached hydrogen (secondary N) is 1. The van der Waals surface area contributed by atoms with Crippen molar-refractivity contribution in [1.29, 1.82) is 0 Å². The van der Waals surface area contributed by atoms with Gasteiger partial charge in [-0.2, -0.15) is 0 Å². The molecule has 0 amide bonds. The van der Waals surface area contributed by atoms with Crippen LogP contribution in [-0.4, -0.2) is 27.4 Å². The van der Waals surface area contributed by atoms with E-state index in [0.29, 0.717) is 12.5 Å². The highest BCUT2D eigenvalue weighted by atomic mass is 16.5. The summed E-state index contributed by atoms with van der Waals surface area (Å²) in [5, 5.41) is 3.61. The van der Waals surface area contributed by atoms with E-state index in [1.54, 1.807) is 14.2 Å². The molecule has 2 aromatic rings. The predicted molar refractivity (Wildman–Crippen MR) is 99.9 cm³/mol. The number of ether oxygens (including phenoxy) is 3. The minimum absolute atomic E-state index is 0.155. The van der Waals surface area contributed by atoms with Gasteiger partial charge < -0.3 is 19.5 Å². The van der Waals surface area contributed by atoms with Gasteiger partial charge >= 0.3 is 0 Å². The summed E-state index contributed by atoms with van der Waals surface area (Å²) >= 11 is 0. The van der Waals surface area contributed by atoms with Gasteiger partial charge in [0.25, 0.3) is 0 Å². The van der Waals surface area contributed by atoms with Gasteiger partial charge in [-0.25, -0.2) is 0 Å². The fourth-order valence-corrected chi connectivity index (χ4v) is 3.21. The Morgan fingerprint density at radius 3 is 2.60 bits per heavy atom. The van der Waals surface area contributed by atoms with Crippen molar-refractivity contribution in [3.05, 3.63) is 53.1 Å². The first-order chi connectivity index (χ1) is 12.1. The molecule has 2 aromatic carbocycles. The Hall–Kier alpha value is -2.20. The van der Waals surface area contributed by atoms with E-state index >= 15 is 0 Å². The molecule has 0 fully saturated rings. The van der Waals surface area contributed by atoms with Crippen molar-refractivity contribution in [2.45, 2.75) is 26.3 Å². The highest BCUT2D eigenvalue weighted by Crippen LogP contribution is 2.36. The van der Waals surface area contributed by atoms with E-state index in [1.807, 2.05) is 12.1 Å². The van der Waals surface area contributed by atoms with Crippen LogP contribution in [0, 0.1) is 5.92 Å². The van der Waals surface area contributed by atoms with E-state index in [-0.39, 0.29) is 6.04 Å². The lowest BCUT2D eigenvalue weighted by molar-refractivity contribution is 0.256. The lowest BCUT2D eigenvalue weighted by Gasteiger charge is -2.28. The zero-order valence-electron chi connectivity index (χ0n) is 15.5. The third-order valence-electron chi connectivity index (χ3n) is 4.50. The van der Waals surface area contributed by atoms with Crippen molar-refractivity contribution in [3.63, 3.8) is 0 Å². The molecule has 134 valence electrons. The predicted octanol–water partition coefficient (Wildman–Crippen LogP) is 3.97. The van der Waals surface area contributed by atoms with Gasteiger partial charge in [-0.3, -0.25) is 0 Å². The molecule has 3 rings (SSSR count). The Labute approximate surface area is 150 Å². The highest BCUT2D eigenvalue weighted by Gasteiger charge is 2.23. The molecule has 0 spiro atoms. The molecule has 25 heavy (non-hydrogen) atoms. The number of benzene rings is 2. The van der Waals surface area contributed by atoms with Crippen LogP contribution in [0.2, 0.25) is 0 Å². The Morgan fingerprint density at radius 2 is 1.88 bits per heavy atom. The molecule has 1 atom stereocenters. The SMILES string of the molecule is COc1ccc2c(c1)CCNC2c1ccc(OCC(C)C)c(OC)c1. The summed E-state index contributed by atoms with van der Waals surface area (Å²) in [6.07, 6.45) is 1.01. The number of rotatable bonds is 6. The number of methoxy groups -OCH3 is 2. The van der Waals surface area contributed by atoms with E-state index in [4.69, 9.17) is 14.2 Å². The molecule has 4 nitrogen and oxygen atoms in total. The van der Waals surface area contributed by atoms with E-state index in [0.717, 1.165) is 30.2 Å². The molecule has 1 heterocycles. The largest absolute Gasteiger partial charge is 0.497 e. The third kappa shape index (κ3) is 3.90. The van der Waals surface area contributed by atoms with Gasteiger partial charge in [-0.1, -0.05) is 26.0 Å². The van der Waals surface area contributed by atoms with E-state index in [2.05, 4.69) is 43.4 Å². The molecule has 1 aliphatic rings. The topological polar surface area (TPSA) is 39.7 Å². The van der Waals surface area contributed by atoms with E-state index in [1.165, 1.54) is 16.7 Å². The number of fused-ring (bicyclic) bond motifs is 1. The molecule has 1 N–H and O–H groups in total. The smallest absolute Gasteiger partial charge is 0.161 e. The first-order valence-corrected chi connectivity index (χ1v) is 8.83. The molecule has 0 saturated heterocycles. The Bertz CT molecular complexity index is 727. The van der Waals surface area contributed by atoms with Gasteiger partial charge in [0.1, 0.15) is 5.75 Å². The zero-order chi connectivity index (χ0) is 17.8. The summed E-state index contributed by atoms with van der Waals surface area (Å²) in [6, 6.07) is 12.7. The standard InChI is InChI=1S/C21H27NO3/c1-14(2)13-25-19-8-5-16(12-20(19)24-4)21-18-7-6-17(23-3)11-15(18)9-10-22-21/h5-8,11-12,14,21-22H,9-10,13H2,1-4H3. The normalized spacial score (nSPS) is 16.4. The Balaban J connectivity index is 1.90. The van der Waals surface area contributed by atoms with Crippen molar-refractivity contribution >= 4 is 0 Å². The van der Waals surface area contributed by atoms with Crippen LogP contribution in [0.15, 0.2) is 36.4 Å². The van der Waals surface area contributed by atoms with E-state index < -0.39 is 0 Å². The molecule has 0 bridgehead atoms. The summed E-state index contributed by atoms with van der Waals surface area (Å²) in [6.45, 7) is 5.90. The van der Waals surface area contributed by atoms with Crippen LogP contribution in [0.25, 0.3) is 0 Å². The molecular formula is C21H27NO3. The monoisotopic (exact) mass is 341 g/mol. The average molecular weight is 341 g/mol. The first-order valence-electron chi connectivity index (χ1n) is 8.83. The van der Waals surface area contributed by atoms with Crippen molar-refractivity contribution in [2.75, 3.05) is 27.4 Å². The molecular weight excluding hydrogens is 314 g/mol. The molecule has 1 aliphatic heterocycles. The average Bonchev–Trinajstić information content (AvgIpc) is 2.65. The second-order valence-electron chi connectivity index (χ2n) is 6.82. The second-order valence-corrected chi connectivity index (χ2v) is 6.82. The van der Waals surface area contributed by atoms with Gasteiger partial charge in [0.2, 0.25) is 0 Å². The molecule has 1 unspecified atom stereocenters. The molecule has 0 aromatic heterocycles. The Morgan fingerprint density at radius 1 is 1.04 bits per heavy atom. The van der Waals surface area contributed by atoms with Gasteiger partial charge in [-0.15, -0.1) is 0 Å². The summed E-state index contributed by atoms with van der Waals surface area (Å²) in [5.41, 5.74) is 3.81. The van der Waals surface area contributed by atoms with Crippen LogP contribution in [-0.2, 0) is 6.42 Å². The van der Waals surface area contributed by atoms with Gasteiger partial charge in [0.05, 0.1) is 26.9 Å². The fourth-order valence-electron chi connectivity index (χ4n) is 3.21. The fraction of sp³-hybridized carbons (Fsp3) is 0.429. The van der Waals surface area contributed by atoms with Crippen LogP contribution >= 0.6 is 0 Å². The van der Waals surface area contributed by atoms with Crippen LogP contribution in [0.4, 0.5) is 0 Å². The van der Waals surface area contributed by atoms with Crippen molar-refractivity contribution in [3.8, 4) is 17.2 Å². The molecule has 0 radical (unpaired) electrons. The van der Waals surface area contributed by atoms with Crippen LogP contribution in [0.5, 0.6) is 17.2 Å². The summed E-state index contributed by atoms with van der Waals surface area (Å²) in [5.74, 6) is 2.96. The lowest BCUT2D eigenvalue weighted by atomic mass is 9.89. The zero-order valence-corrected chi connectivity index (χ0v) is 15.5. The van der Waals surface area contributed by atoms with Crippen LogP contribution in [0.3, 0.4) is 0 Å². The van der Waals surface area contributed by atoms with Crippen molar-refractivity contribution < 1.29 is 14.2 Å². The summed E-state index contributed by atoms with van der Waals surface area (Å²) in [7, 11) is 3.40. The maximum absolute atomic E-state index is 5.87. The third-order valence-corrected chi connectivity index (χ3v) is 4.50. The molecule has 0 saturated carbocycles. The van der Waals surface area contributed by atoms with Crippen molar-refractivity contribution in [1.82, 2.24) is 5.32 Å². The second kappa shape index (κ2) is 7.79. The van der Waals surface area contributed by atoms with Crippen molar-refractivity contribution in [2.24, 2.45) is 5.92 Å². The highest BCUT2D eigenvalue weighted by molar-refractivity contribution is 5.49. The minimum atomic E-state index is 0.155. The van der Waals surface area contributed by atoms with Gasteiger partial charge in [-0.05, 0) is 53.3 Å². The summed E-state index contributed by atoms with van der Waals surface area (Å²) in [4.78, 5) is 0. The maximum atomic E-state index is 5.87. The minimum Gasteiger partial charge on any atom is -0.497 e. The quantitative estimate of drug-likeness (QED) is 0.863. The maximum Gasteiger partial charge on any atom is 0.161 e. The lowest BCUT2D eigenvalue weighted by Crippen LogP contribution is -2.30.